The Balaban J connectivity index is 2.96. The highest BCUT2D eigenvalue weighted by Gasteiger charge is 2.14. The van der Waals surface area contributed by atoms with Crippen LogP contribution in [0.25, 0.3) is 0 Å². The fourth-order valence-corrected chi connectivity index (χ4v) is 1.25. The zero-order valence-corrected chi connectivity index (χ0v) is 9.59. The summed E-state index contributed by atoms with van der Waals surface area (Å²) in [4.78, 5) is 15.3. The van der Waals surface area contributed by atoms with Crippen LogP contribution in [0.1, 0.15) is 16.1 Å². The number of rotatable bonds is 2. The monoisotopic (exact) mass is 291 g/mol. The molecule has 0 unspecified atom stereocenters. The lowest BCUT2D eigenvalue weighted by Crippen LogP contribution is -2.09. The number of Topliss-reactive ketones (excluding diaryl/α,β-unsaturated/α-hetero) is 1. The molecule has 0 spiro atoms. The average molecular weight is 293 g/mol. The molecule has 0 aliphatic carbocycles. The highest BCUT2D eigenvalue weighted by atomic mass is 79.9. The third kappa shape index (κ3) is 2.38. The van der Waals surface area contributed by atoms with Crippen molar-refractivity contribution in [2.24, 2.45) is 0 Å². The van der Waals surface area contributed by atoms with Gasteiger partial charge in [0.05, 0.1) is 0 Å². The molecule has 1 aromatic heterocycles. The van der Waals surface area contributed by atoms with Gasteiger partial charge < -0.3 is 0 Å². The van der Waals surface area contributed by atoms with Crippen LogP contribution < -0.4 is 0 Å². The van der Waals surface area contributed by atoms with E-state index in [4.69, 9.17) is 0 Å². The molecule has 0 N–H and O–H groups in total. The lowest BCUT2D eigenvalue weighted by molar-refractivity contribution is 0.101. The van der Waals surface area contributed by atoms with Crippen molar-refractivity contribution in [2.45, 2.75) is 10.7 Å². The van der Waals surface area contributed by atoms with E-state index < -0.39 is 0 Å². The predicted molar refractivity (Wildman–Crippen MR) is 54.9 cm³/mol. The standard InChI is InChI=1S/C8H7Br2NO/c1-5-2-3-11-6(4-5)7(12)8(9)10/h2-4,8H,1H3. The quantitative estimate of drug-likeness (QED) is 0.620. The summed E-state index contributed by atoms with van der Waals surface area (Å²) in [6.07, 6.45) is 1.63. The van der Waals surface area contributed by atoms with Gasteiger partial charge in [-0.2, -0.15) is 0 Å². The number of pyridine rings is 1. The Morgan fingerprint density at radius 2 is 2.25 bits per heavy atom. The minimum Gasteiger partial charge on any atom is -0.290 e. The van der Waals surface area contributed by atoms with E-state index in [0.717, 1.165) is 5.56 Å². The maximum Gasteiger partial charge on any atom is 0.205 e. The first kappa shape index (κ1) is 9.86. The van der Waals surface area contributed by atoms with Crippen molar-refractivity contribution in [2.75, 3.05) is 0 Å². The van der Waals surface area contributed by atoms with Crippen LogP contribution in [-0.4, -0.2) is 14.5 Å². The van der Waals surface area contributed by atoms with Gasteiger partial charge in [-0.3, -0.25) is 9.78 Å². The Labute approximate surface area is 87.6 Å². The van der Waals surface area contributed by atoms with Crippen LogP contribution in [0, 0.1) is 6.92 Å². The molecule has 1 aromatic rings. The molecule has 0 aromatic carbocycles. The van der Waals surface area contributed by atoms with E-state index >= 15 is 0 Å². The zero-order valence-electron chi connectivity index (χ0n) is 6.42. The fourth-order valence-electron chi connectivity index (χ4n) is 0.783. The topological polar surface area (TPSA) is 30.0 Å². The lowest BCUT2D eigenvalue weighted by Gasteiger charge is -2.00. The van der Waals surface area contributed by atoms with E-state index in [9.17, 15) is 4.79 Å². The molecule has 0 saturated heterocycles. The molecule has 2 nitrogen and oxygen atoms in total. The Hall–Kier alpha value is -0.220. The molecule has 0 atom stereocenters. The van der Waals surface area contributed by atoms with Gasteiger partial charge >= 0.3 is 0 Å². The number of nitrogens with zero attached hydrogens (tertiary/aromatic N) is 1. The third-order valence-electron chi connectivity index (χ3n) is 1.37. The minimum atomic E-state index is -0.348. The fraction of sp³-hybridized carbons (Fsp3) is 0.250. The normalized spacial score (nSPS) is 10.3. The third-order valence-corrected chi connectivity index (χ3v) is 2.20. The zero-order chi connectivity index (χ0) is 9.14. The first-order chi connectivity index (χ1) is 5.61. The smallest absolute Gasteiger partial charge is 0.205 e. The van der Waals surface area contributed by atoms with Crippen molar-refractivity contribution in [3.8, 4) is 0 Å². The Morgan fingerprint density at radius 1 is 1.58 bits per heavy atom. The largest absolute Gasteiger partial charge is 0.290 e. The highest BCUT2D eigenvalue weighted by molar-refractivity contribution is 9.25. The molecular weight excluding hydrogens is 286 g/mol. The number of aromatic nitrogens is 1. The van der Waals surface area contributed by atoms with Crippen LogP contribution in [0.4, 0.5) is 0 Å². The summed E-state index contributed by atoms with van der Waals surface area (Å²) >= 11 is 6.26. The van der Waals surface area contributed by atoms with Crippen molar-refractivity contribution in [1.82, 2.24) is 4.98 Å². The Bertz CT molecular complexity index is 299. The summed E-state index contributed by atoms with van der Waals surface area (Å²) in [6, 6.07) is 3.62. The van der Waals surface area contributed by atoms with E-state index in [-0.39, 0.29) is 9.52 Å². The van der Waals surface area contributed by atoms with Gasteiger partial charge in [-0.1, -0.05) is 31.9 Å². The van der Waals surface area contributed by atoms with Gasteiger partial charge in [-0.25, -0.2) is 0 Å². The van der Waals surface area contributed by atoms with Gasteiger partial charge in [-0.05, 0) is 24.6 Å². The van der Waals surface area contributed by atoms with Crippen LogP contribution in [0.15, 0.2) is 18.3 Å². The summed E-state index contributed by atoms with van der Waals surface area (Å²) in [5.74, 6) is -0.0568. The summed E-state index contributed by atoms with van der Waals surface area (Å²) < 4.78 is -0.348. The van der Waals surface area contributed by atoms with E-state index in [1.54, 1.807) is 12.3 Å². The van der Waals surface area contributed by atoms with Gasteiger partial charge in [-0.15, -0.1) is 0 Å². The first-order valence-electron chi connectivity index (χ1n) is 3.36. The number of carbonyl (C=O) groups is 1. The number of ketones is 1. The van der Waals surface area contributed by atoms with E-state index in [1.807, 2.05) is 13.0 Å². The van der Waals surface area contributed by atoms with Crippen molar-refractivity contribution >= 4 is 37.6 Å². The second kappa shape index (κ2) is 4.14. The second-order valence-electron chi connectivity index (χ2n) is 2.38. The molecule has 0 aliphatic rings. The number of halogens is 2. The molecule has 0 radical (unpaired) electrons. The van der Waals surface area contributed by atoms with Gasteiger partial charge in [0, 0.05) is 6.20 Å². The summed E-state index contributed by atoms with van der Waals surface area (Å²) in [6.45, 7) is 1.93. The number of aryl methyl sites for hydroxylation is 1. The van der Waals surface area contributed by atoms with Crippen LogP contribution in [0.2, 0.25) is 0 Å². The summed E-state index contributed by atoms with van der Waals surface area (Å²) in [5.41, 5.74) is 1.52. The van der Waals surface area contributed by atoms with Crippen molar-refractivity contribution in [3.63, 3.8) is 0 Å². The maximum absolute atomic E-state index is 11.3. The molecule has 0 saturated carbocycles. The van der Waals surface area contributed by atoms with Gasteiger partial charge in [0.2, 0.25) is 5.78 Å². The minimum absolute atomic E-state index is 0.0568. The second-order valence-corrected chi connectivity index (χ2v) is 5.44. The molecule has 4 heteroatoms. The van der Waals surface area contributed by atoms with Gasteiger partial charge in [0.1, 0.15) is 9.43 Å². The van der Waals surface area contributed by atoms with E-state index in [2.05, 4.69) is 36.8 Å². The number of hydrogen-bond acceptors (Lipinski definition) is 2. The Kier molecular flexibility index (Phi) is 3.40. The number of alkyl halides is 2. The van der Waals surface area contributed by atoms with E-state index in [1.165, 1.54) is 0 Å². The molecule has 0 fully saturated rings. The maximum atomic E-state index is 11.3. The van der Waals surface area contributed by atoms with Crippen LogP contribution in [0.3, 0.4) is 0 Å². The van der Waals surface area contributed by atoms with Gasteiger partial charge in [0.15, 0.2) is 0 Å². The van der Waals surface area contributed by atoms with E-state index in [0.29, 0.717) is 5.69 Å². The predicted octanol–water partition coefficient (Wildman–Crippen LogP) is 2.69. The van der Waals surface area contributed by atoms with Gasteiger partial charge in [0.25, 0.3) is 0 Å². The average Bonchev–Trinajstić information content (AvgIpc) is 2.03. The lowest BCUT2D eigenvalue weighted by atomic mass is 10.2. The molecular formula is C8H7Br2NO. The summed E-state index contributed by atoms with van der Waals surface area (Å²) in [7, 11) is 0. The van der Waals surface area contributed by atoms with Crippen molar-refractivity contribution in [3.05, 3.63) is 29.6 Å². The molecule has 64 valence electrons. The number of hydrogen-bond donors (Lipinski definition) is 0. The highest BCUT2D eigenvalue weighted by Crippen LogP contribution is 2.14. The molecule has 0 aliphatic heterocycles. The summed E-state index contributed by atoms with van der Waals surface area (Å²) in [5, 5.41) is 0. The molecule has 1 heterocycles. The van der Waals surface area contributed by atoms with Crippen molar-refractivity contribution in [1.29, 1.82) is 0 Å². The number of carbonyl (C=O) groups excluding carboxylic acids is 1. The first-order valence-corrected chi connectivity index (χ1v) is 5.19. The van der Waals surface area contributed by atoms with Crippen LogP contribution in [-0.2, 0) is 0 Å². The van der Waals surface area contributed by atoms with Crippen LogP contribution >= 0.6 is 31.9 Å². The van der Waals surface area contributed by atoms with Crippen molar-refractivity contribution < 1.29 is 4.79 Å². The molecule has 12 heavy (non-hydrogen) atoms. The molecule has 0 bridgehead atoms. The Morgan fingerprint density at radius 3 is 2.75 bits per heavy atom. The SMILES string of the molecule is Cc1ccnc(C(=O)C(Br)Br)c1. The molecule has 0 amide bonds. The van der Waals surface area contributed by atoms with Crippen LogP contribution in [0.5, 0.6) is 0 Å². The molecule has 1 rings (SSSR count).